The summed E-state index contributed by atoms with van der Waals surface area (Å²) in [6, 6.07) is 0. The first kappa shape index (κ1) is 21.7. The number of hydrogen-bond donors (Lipinski definition) is 0. The molecule has 2 aliphatic carbocycles. The van der Waals surface area contributed by atoms with Gasteiger partial charge in [-0.05, 0) is 67.3 Å². The molecule has 148 valence electrons. The molecule has 1 atom stereocenters. The fourth-order valence-corrected chi connectivity index (χ4v) is 4.08. The van der Waals surface area contributed by atoms with Crippen molar-refractivity contribution in [2.75, 3.05) is 11.0 Å². The molecule has 0 spiro atoms. The summed E-state index contributed by atoms with van der Waals surface area (Å²) in [6.45, 7) is 6.65. The van der Waals surface area contributed by atoms with Crippen LogP contribution >= 0.6 is 22.6 Å². The van der Waals surface area contributed by atoms with Gasteiger partial charge in [0.1, 0.15) is 11.5 Å². The molecule has 0 bridgehead atoms. The second-order valence-corrected chi connectivity index (χ2v) is 8.86. The molecule has 0 aromatic rings. The van der Waals surface area contributed by atoms with E-state index in [1.165, 1.54) is 0 Å². The highest BCUT2D eigenvalue weighted by Gasteiger charge is 2.44. The molecule has 0 saturated heterocycles. The fourth-order valence-electron chi connectivity index (χ4n) is 3.70. The van der Waals surface area contributed by atoms with E-state index in [0.29, 0.717) is 31.1 Å². The van der Waals surface area contributed by atoms with Crippen molar-refractivity contribution in [3.05, 3.63) is 35.8 Å². The van der Waals surface area contributed by atoms with E-state index in [1.807, 2.05) is 19.1 Å². The molecule has 0 radical (unpaired) electrons. The summed E-state index contributed by atoms with van der Waals surface area (Å²) in [5.41, 5.74) is -0.355. The monoisotopic (exact) mass is 480 g/mol. The Morgan fingerprint density at radius 2 is 1.77 bits per heavy atom. The number of rotatable bonds is 8. The summed E-state index contributed by atoms with van der Waals surface area (Å²) >= 11 is 2.34. The smallest absolute Gasteiger partial charge is 0.400 e. The largest absolute Gasteiger partial charge is 0.494 e. The highest BCUT2D eigenvalue weighted by atomic mass is 127. The summed E-state index contributed by atoms with van der Waals surface area (Å²) in [7, 11) is 0. The maximum absolute atomic E-state index is 14.8. The third-order valence-corrected chi connectivity index (χ3v) is 6.02. The molecule has 2 aliphatic rings. The zero-order valence-corrected chi connectivity index (χ0v) is 18.2. The van der Waals surface area contributed by atoms with Gasteiger partial charge in [-0.1, -0.05) is 49.3 Å². The topological polar surface area (TPSA) is 18.5 Å². The molecule has 2 nitrogen and oxygen atoms in total. The minimum atomic E-state index is -3.13. The molecule has 0 heterocycles. The lowest BCUT2D eigenvalue weighted by Gasteiger charge is -2.32. The Morgan fingerprint density at radius 3 is 2.38 bits per heavy atom. The molecular weight excluding hydrogens is 449 g/mol. The molecule has 5 heteroatoms. The summed E-state index contributed by atoms with van der Waals surface area (Å²) < 4.78 is 41.5. The van der Waals surface area contributed by atoms with Crippen LogP contribution in [-0.2, 0) is 9.47 Å². The average Bonchev–Trinajstić information content (AvgIpc) is 2.72. The van der Waals surface area contributed by atoms with Crippen molar-refractivity contribution in [3.63, 3.8) is 0 Å². The quantitative estimate of drug-likeness (QED) is 0.275. The number of alkyl halides is 3. The number of ether oxygens (including phenoxy) is 2. The summed E-state index contributed by atoms with van der Waals surface area (Å²) in [5, 5.41) is 0. The third-order valence-electron chi connectivity index (χ3n) is 5.26. The number of halogens is 3. The van der Waals surface area contributed by atoms with Crippen LogP contribution in [0.4, 0.5) is 8.78 Å². The molecule has 1 unspecified atom stereocenters. The van der Waals surface area contributed by atoms with E-state index in [4.69, 9.17) is 9.47 Å². The summed E-state index contributed by atoms with van der Waals surface area (Å²) in [5.74, 6) is 0.799. The Morgan fingerprint density at radius 1 is 1.15 bits per heavy atom. The Hall–Kier alpha value is -0.590. The summed E-state index contributed by atoms with van der Waals surface area (Å²) in [6.07, 6.45) is 8.72. The van der Waals surface area contributed by atoms with Gasteiger partial charge in [0.05, 0.1) is 12.5 Å². The van der Waals surface area contributed by atoms with E-state index in [1.54, 1.807) is 12.2 Å². The van der Waals surface area contributed by atoms with E-state index in [9.17, 15) is 8.78 Å². The Kier molecular flexibility index (Phi) is 7.98. The maximum Gasteiger partial charge on any atom is 0.400 e. The van der Waals surface area contributed by atoms with Crippen LogP contribution in [0.1, 0.15) is 59.3 Å². The number of hydrogen-bond acceptors (Lipinski definition) is 2. The van der Waals surface area contributed by atoms with Crippen molar-refractivity contribution in [1.82, 2.24) is 0 Å². The van der Waals surface area contributed by atoms with E-state index in [0.717, 1.165) is 30.1 Å². The lowest BCUT2D eigenvalue weighted by molar-refractivity contribution is -0.254. The Labute approximate surface area is 170 Å². The SMILES string of the molecule is CCOC1=CC(C)(CCCI)C=C(OC(F)(F)C2CCC(C)CC2)C=C1. The van der Waals surface area contributed by atoms with Crippen LogP contribution in [0.5, 0.6) is 0 Å². The molecule has 0 aromatic heterocycles. The first-order valence-corrected chi connectivity index (χ1v) is 11.2. The van der Waals surface area contributed by atoms with E-state index in [-0.39, 0.29) is 11.2 Å². The molecule has 1 saturated carbocycles. The van der Waals surface area contributed by atoms with Crippen LogP contribution in [0.3, 0.4) is 0 Å². The van der Waals surface area contributed by atoms with Crippen LogP contribution in [0.25, 0.3) is 0 Å². The zero-order valence-electron chi connectivity index (χ0n) is 16.1. The van der Waals surface area contributed by atoms with Gasteiger partial charge in [0, 0.05) is 5.41 Å². The molecule has 0 aromatic carbocycles. The number of allylic oxidation sites excluding steroid dienone is 4. The van der Waals surface area contributed by atoms with Gasteiger partial charge in [-0.2, -0.15) is 8.78 Å². The first-order valence-electron chi connectivity index (χ1n) is 9.67. The van der Waals surface area contributed by atoms with Gasteiger partial charge in [0.2, 0.25) is 0 Å². The Balaban J connectivity index is 2.16. The predicted octanol–water partition coefficient (Wildman–Crippen LogP) is 7.02. The van der Waals surface area contributed by atoms with Gasteiger partial charge in [0.25, 0.3) is 0 Å². The van der Waals surface area contributed by atoms with Gasteiger partial charge in [-0.15, -0.1) is 0 Å². The third kappa shape index (κ3) is 6.24. The van der Waals surface area contributed by atoms with Crippen LogP contribution in [0.15, 0.2) is 35.8 Å². The standard InChI is InChI=1S/C21H31F2IO2/c1-4-25-18-10-11-19(15-20(3,14-18)12-5-13-24)26-21(22,23)17-8-6-16(2)7-9-17/h10-11,14-17H,4-9,12-13H2,1-3H3. The lowest BCUT2D eigenvalue weighted by Crippen LogP contribution is -2.34. The first-order chi connectivity index (χ1) is 12.3. The predicted molar refractivity (Wildman–Crippen MR) is 110 cm³/mol. The van der Waals surface area contributed by atoms with Crippen LogP contribution in [-0.4, -0.2) is 17.1 Å². The molecular formula is C21H31F2IO2. The van der Waals surface area contributed by atoms with Gasteiger partial charge < -0.3 is 9.47 Å². The van der Waals surface area contributed by atoms with Crippen LogP contribution in [0, 0.1) is 17.3 Å². The summed E-state index contributed by atoms with van der Waals surface area (Å²) in [4.78, 5) is 0. The van der Waals surface area contributed by atoms with Crippen LogP contribution < -0.4 is 0 Å². The lowest BCUT2D eigenvalue weighted by atomic mass is 9.82. The van der Waals surface area contributed by atoms with Crippen molar-refractivity contribution >= 4 is 22.6 Å². The van der Waals surface area contributed by atoms with E-state index < -0.39 is 12.0 Å². The highest BCUT2D eigenvalue weighted by Crippen LogP contribution is 2.42. The van der Waals surface area contributed by atoms with E-state index >= 15 is 0 Å². The van der Waals surface area contributed by atoms with Crippen molar-refractivity contribution in [1.29, 1.82) is 0 Å². The molecule has 2 rings (SSSR count). The second-order valence-electron chi connectivity index (χ2n) is 7.78. The Bertz CT molecular complexity index is 548. The van der Waals surface area contributed by atoms with Gasteiger partial charge >= 0.3 is 6.11 Å². The van der Waals surface area contributed by atoms with Gasteiger partial charge in [-0.25, -0.2) is 0 Å². The van der Waals surface area contributed by atoms with Gasteiger partial charge in [-0.3, -0.25) is 0 Å². The highest BCUT2D eigenvalue weighted by molar-refractivity contribution is 14.1. The van der Waals surface area contributed by atoms with Crippen molar-refractivity contribution in [2.45, 2.75) is 65.4 Å². The minimum absolute atomic E-state index is 0.246. The van der Waals surface area contributed by atoms with E-state index in [2.05, 4.69) is 36.4 Å². The van der Waals surface area contributed by atoms with Crippen molar-refractivity contribution < 1.29 is 18.3 Å². The minimum Gasteiger partial charge on any atom is -0.494 e. The molecule has 1 fully saturated rings. The van der Waals surface area contributed by atoms with Gasteiger partial charge in [0.15, 0.2) is 0 Å². The molecule has 0 amide bonds. The average molecular weight is 480 g/mol. The maximum atomic E-state index is 14.8. The zero-order chi connectivity index (χ0) is 19.2. The van der Waals surface area contributed by atoms with Crippen molar-refractivity contribution in [3.8, 4) is 0 Å². The normalized spacial score (nSPS) is 29.6. The molecule has 0 aliphatic heterocycles. The fraction of sp³-hybridized carbons (Fsp3) is 0.714. The van der Waals surface area contributed by atoms with Crippen LogP contribution in [0.2, 0.25) is 0 Å². The second kappa shape index (κ2) is 9.56. The molecule has 26 heavy (non-hydrogen) atoms. The van der Waals surface area contributed by atoms with Crippen molar-refractivity contribution in [2.24, 2.45) is 17.3 Å². The molecule has 0 N–H and O–H groups in total.